The second-order valence-corrected chi connectivity index (χ2v) is 9.47. The zero-order chi connectivity index (χ0) is 21.1. The third-order valence-corrected chi connectivity index (χ3v) is 7.11. The fraction of sp³-hybridized carbons (Fsp3) is 0.208. The highest BCUT2D eigenvalue weighted by atomic mass is 32.2. The van der Waals surface area contributed by atoms with Crippen LogP contribution in [0.15, 0.2) is 83.8 Å². The van der Waals surface area contributed by atoms with Crippen LogP contribution >= 0.6 is 0 Å². The van der Waals surface area contributed by atoms with Crippen LogP contribution in [-0.2, 0) is 15.6 Å². The van der Waals surface area contributed by atoms with Crippen molar-refractivity contribution in [3.63, 3.8) is 0 Å². The number of halogens is 1. The minimum atomic E-state index is -3.49. The highest BCUT2D eigenvalue weighted by Crippen LogP contribution is 2.33. The average Bonchev–Trinajstić information content (AvgIpc) is 3.24. The number of likely N-dealkylation sites (tertiary alicyclic amines) is 1. The first kappa shape index (κ1) is 20.3. The Bertz CT molecular complexity index is 1140. The number of rotatable bonds is 5. The van der Waals surface area contributed by atoms with Crippen molar-refractivity contribution in [2.24, 2.45) is 0 Å². The van der Waals surface area contributed by atoms with Crippen molar-refractivity contribution >= 4 is 15.7 Å². The number of benzene rings is 3. The monoisotopic (exact) mass is 423 g/mol. The third kappa shape index (κ3) is 4.28. The highest BCUT2D eigenvalue weighted by Gasteiger charge is 2.30. The second-order valence-electron chi connectivity index (χ2n) is 7.48. The summed E-state index contributed by atoms with van der Waals surface area (Å²) in [7, 11) is -3.49. The molecule has 1 amide bonds. The van der Waals surface area contributed by atoms with Crippen LogP contribution in [0.1, 0.15) is 40.4 Å². The van der Waals surface area contributed by atoms with Crippen LogP contribution in [0.2, 0.25) is 0 Å². The topological polar surface area (TPSA) is 54.5 Å². The minimum absolute atomic E-state index is 0.102. The summed E-state index contributed by atoms with van der Waals surface area (Å²) in [6.45, 7) is 0.618. The molecule has 1 aliphatic rings. The first-order valence-corrected chi connectivity index (χ1v) is 11.5. The molecule has 0 unspecified atom stereocenters. The van der Waals surface area contributed by atoms with Crippen LogP contribution in [0.4, 0.5) is 4.39 Å². The number of hydrogen-bond acceptors (Lipinski definition) is 3. The van der Waals surface area contributed by atoms with Gasteiger partial charge in [-0.1, -0.05) is 42.5 Å². The number of hydrogen-bond donors (Lipinski definition) is 0. The quantitative estimate of drug-likeness (QED) is 0.594. The molecule has 4 nitrogen and oxygen atoms in total. The van der Waals surface area contributed by atoms with Gasteiger partial charge in [0.15, 0.2) is 9.84 Å². The maximum Gasteiger partial charge on any atom is 0.254 e. The van der Waals surface area contributed by atoms with E-state index in [1.807, 2.05) is 0 Å². The van der Waals surface area contributed by atoms with Gasteiger partial charge in [0.25, 0.3) is 5.91 Å². The molecule has 1 aliphatic heterocycles. The lowest BCUT2D eigenvalue weighted by Gasteiger charge is -2.25. The van der Waals surface area contributed by atoms with Crippen molar-refractivity contribution in [2.45, 2.75) is 29.5 Å². The van der Waals surface area contributed by atoms with E-state index >= 15 is 0 Å². The molecule has 0 N–H and O–H groups in total. The van der Waals surface area contributed by atoms with Crippen molar-refractivity contribution < 1.29 is 17.6 Å². The summed E-state index contributed by atoms with van der Waals surface area (Å²) < 4.78 is 38.6. The molecule has 1 heterocycles. The van der Waals surface area contributed by atoms with E-state index in [0.717, 1.165) is 18.4 Å². The molecule has 1 saturated heterocycles. The van der Waals surface area contributed by atoms with Crippen molar-refractivity contribution in [1.29, 1.82) is 0 Å². The summed E-state index contributed by atoms with van der Waals surface area (Å²) in [6.07, 6.45) is 1.69. The summed E-state index contributed by atoms with van der Waals surface area (Å²) >= 11 is 0. The Kier molecular flexibility index (Phi) is 5.68. The Morgan fingerprint density at radius 2 is 1.70 bits per heavy atom. The Morgan fingerprint density at radius 1 is 0.967 bits per heavy atom. The van der Waals surface area contributed by atoms with E-state index < -0.39 is 9.84 Å². The van der Waals surface area contributed by atoms with E-state index in [2.05, 4.69) is 0 Å². The van der Waals surface area contributed by atoms with E-state index in [1.165, 1.54) is 12.1 Å². The first-order chi connectivity index (χ1) is 14.4. The van der Waals surface area contributed by atoms with Gasteiger partial charge in [-0.15, -0.1) is 0 Å². The summed E-state index contributed by atoms with van der Waals surface area (Å²) in [6, 6.07) is 21.2. The van der Waals surface area contributed by atoms with Crippen LogP contribution in [0.25, 0.3) is 0 Å². The van der Waals surface area contributed by atoms with Gasteiger partial charge in [0.2, 0.25) is 0 Å². The molecule has 3 aromatic rings. The summed E-state index contributed by atoms with van der Waals surface area (Å²) in [4.78, 5) is 15.2. The molecule has 0 bridgehead atoms. The molecule has 3 aromatic carbocycles. The normalized spacial score (nSPS) is 16.6. The number of carbonyl (C=O) groups is 1. The molecule has 0 spiro atoms. The second kappa shape index (κ2) is 8.40. The van der Waals surface area contributed by atoms with Crippen LogP contribution in [0.5, 0.6) is 0 Å². The fourth-order valence-corrected chi connectivity index (χ4v) is 5.29. The van der Waals surface area contributed by atoms with Gasteiger partial charge in [-0.25, -0.2) is 12.8 Å². The zero-order valence-electron chi connectivity index (χ0n) is 16.4. The molecular formula is C24H22FNO3S. The third-order valence-electron chi connectivity index (χ3n) is 5.40. The van der Waals surface area contributed by atoms with Gasteiger partial charge >= 0.3 is 0 Å². The Balaban J connectivity index is 1.56. The molecule has 6 heteroatoms. The Labute approximate surface area is 175 Å². The molecule has 0 saturated carbocycles. The molecular weight excluding hydrogens is 401 g/mol. The van der Waals surface area contributed by atoms with Gasteiger partial charge < -0.3 is 4.90 Å². The molecule has 1 atom stereocenters. The fourth-order valence-electron chi connectivity index (χ4n) is 3.93. The smallest absolute Gasteiger partial charge is 0.254 e. The van der Waals surface area contributed by atoms with E-state index in [-0.39, 0.29) is 28.4 Å². The van der Waals surface area contributed by atoms with Gasteiger partial charge in [-0.3, -0.25) is 4.79 Å². The molecule has 0 aliphatic carbocycles. The summed E-state index contributed by atoms with van der Waals surface area (Å²) in [5.74, 6) is -0.609. The maximum atomic E-state index is 13.3. The van der Waals surface area contributed by atoms with Gasteiger partial charge in [0.05, 0.1) is 16.7 Å². The van der Waals surface area contributed by atoms with Gasteiger partial charge in [-0.05, 0) is 60.4 Å². The van der Waals surface area contributed by atoms with Crippen LogP contribution in [-0.4, -0.2) is 25.8 Å². The number of nitrogens with zero attached hydrogens (tertiary/aromatic N) is 1. The maximum absolute atomic E-state index is 13.3. The molecule has 0 radical (unpaired) electrons. The van der Waals surface area contributed by atoms with Crippen molar-refractivity contribution in [3.8, 4) is 0 Å². The number of carbonyl (C=O) groups excluding carboxylic acids is 1. The summed E-state index contributed by atoms with van der Waals surface area (Å²) in [5, 5.41) is 0. The molecule has 0 aromatic heterocycles. The molecule has 4 rings (SSSR count). The lowest BCUT2D eigenvalue weighted by molar-refractivity contribution is 0.0735. The predicted molar refractivity (Wildman–Crippen MR) is 113 cm³/mol. The van der Waals surface area contributed by atoms with Crippen molar-refractivity contribution in [3.05, 3.63) is 101 Å². The minimum Gasteiger partial charge on any atom is -0.332 e. The van der Waals surface area contributed by atoms with Gasteiger partial charge in [0.1, 0.15) is 5.82 Å². The summed E-state index contributed by atoms with van der Waals surface area (Å²) in [5.41, 5.74) is 1.94. The highest BCUT2D eigenvalue weighted by molar-refractivity contribution is 7.90. The van der Waals surface area contributed by atoms with E-state index in [1.54, 1.807) is 71.6 Å². The number of sulfone groups is 1. The van der Waals surface area contributed by atoms with Crippen LogP contribution in [0, 0.1) is 5.82 Å². The average molecular weight is 424 g/mol. The molecule has 154 valence electrons. The molecule has 1 fully saturated rings. The van der Waals surface area contributed by atoms with E-state index in [9.17, 15) is 17.6 Å². The molecule has 30 heavy (non-hydrogen) atoms. The lowest BCUT2D eigenvalue weighted by Crippen LogP contribution is -2.30. The zero-order valence-corrected chi connectivity index (χ0v) is 17.2. The Hall–Kier alpha value is -2.99. The number of amides is 1. The van der Waals surface area contributed by atoms with Crippen molar-refractivity contribution in [1.82, 2.24) is 4.90 Å². The standard InChI is InChI=1S/C24H22FNO3S/c25-21-13-11-19(12-14-21)23-10-5-15-26(23)24(27)20-7-4-6-18(16-20)17-30(28,29)22-8-2-1-3-9-22/h1-4,6-9,11-14,16,23H,5,10,15,17H2/t23-/m0/s1. The Morgan fingerprint density at radius 3 is 2.43 bits per heavy atom. The van der Waals surface area contributed by atoms with Crippen LogP contribution < -0.4 is 0 Å². The van der Waals surface area contributed by atoms with Gasteiger partial charge in [0, 0.05) is 12.1 Å². The van der Waals surface area contributed by atoms with Crippen molar-refractivity contribution in [2.75, 3.05) is 6.54 Å². The van der Waals surface area contributed by atoms with E-state index in [0.29, 0.717) is 17.7 Å². The largest absolute Gasteiger partial charge is 0.332 e. The van der Waals surface area contributed by atoms with Gasteiger partial charge in [-0.2, -0.15) is 0 Å². The predicted octanol–water partition coefficient (Wildman–Crippen LogP) is 4.78. The SMILES string of the molecule is O=C(c1cccc(CS(=O)(=O)c2ccccc2)c1)N1CCC[C@H]1c1ccc(F)cc1. The van der Waals surface area contributed by atoms with E-state index in [4.69, 9.17) is 0 Å². The lowest BCUT2D eigenvalue weighted by atomic mass is 10.0. The van der Waals surface area contributed by atoms with Crippen LogP contribution in [0.3, 0.4) is 0 Å². The first-order valence-electron chi connectivity index (χ1n) is 9.87.